The monoisotopic (exact) mass is 354 g/mol. The Morgan fingerprint density at radius 1 is 0.846 bits per heavy atom. The van der Waals surface area contributed by atoms with E-state index in [9.17, 15) is 4.79 Å². The van der Waals surface area contributed by atoms with Crippen molar-refractivity contribution in [2.75, 3.05) is 14.2 Å². The van der Waals surface area contributed by atoms with Gasteiger partial charge in [0.25, 0.3) is 0 Å². The summed E-state index contributed by atoms with van der Waals surface area (Å²) >= 11 is 0. The highest BCUT2D eigenvalue weighted by Gasteiger charge is 3.01. The maximum Gasteiger partial charge on any atom is 0.315 e. The van der Waals surface area contributed by atoms with Gasteiger partial charge in [0, 0.05) is 12.5 Å². The number of methoxy groups -OCH3 is 2. The van der Waals surface area contributed by atoms with Crippen LogP contribution < -0.4 is 0 Å². The number of esters is 1. The third-order valence-corrected chi connectivity index (χ3v) is 12.5. The number of fused-ring (bicyclic) bond motifs is 1. The van der Waals surface area contributed by atoms with Gasteiger partial charge in [-0.25, -0.2) is 0 Å². The molecule has 0 spiro atoms. The van der Waals surface area contributed by atoms with Gasteiger partial charge < -0.3 is 9.47 Å². The lowest BCUT2D eigenvalue weighted by molar-refractivity contribution is -0.273. The molecular formula is C23H30O3. The molecule has 14 atom stereocenters. The average molecular weight is 354 g/mol. The first-order valence-electron chi connectivity index (χ1n) is 11.3. The molecule has 3 nitrogen and oxygen atoms in total. The fourth-order valence-corrected chi connectivity index (χ4v) is 13.5. The molecule has 9 fully saturated rings. The SMILES string of the molecule is COC(=O)[C@]12[C@@H]3[C@H]4CCC[C@H]4[C@@H]4[C@H]3[C@@H]3[C@@H]5[C@@H]6[C@@H](CC[C@H]6[C@]1(OC)[C@]54C)[C@@H]32. The molecule has 0 saturated heterocycles. The second-order valence-corrected chi connectivity index (χ2v) is 11.5. The summed E-state index contributed by atoms with van der Waals surface area (Å²) < 4.78 is 12.5. The summed E-state index contributed by atoms with van der Waals surface area (Å²) in [5.41, 5.74) is -0.300. The van der Waals surface area contributed by atoms with Gasteiger partial charge >= 0.3 is 5.97 Å². The summed E-state index contributed by atoms with van der Waals surface area (Å²) in [4.78, 5) is 13.8. The number of carbonyl (C=O) groups is 1. The first kappa shape index (κ1) is 14.4. The molecule has 26 heavy (non-hydrogen) atoms. The zero-order chi connectivity index (χ0) is 17.4. The van der Waals surface area contributed by atoms with Gasteiger partial charge in [0.1, 0.15) is 5.41 Å². The van der Waals surface area contributed by atoms with E-state index in [4.69, 9.17) is 9.47 Å². The van der Waals surface area contributed by atoms with Crippen LogP contribution in [0.5, 0.6) is 0 Å². The Kier molecular flexibility index (Phi) is 2.04. The Hall–Kier alpha value is -0.570. The van der Waals surface area contributed by atoms with E-state index < -0.39 is 0 Å². The Bertz CT molecular complexity index is 777. The van der Waals surface area contributed by atoms with Gasteiger partial charge in [-0.3, -0.25) is 4.79 Å². The van der Waals surface area contributed by atoms with Crippen LogP contribution in [0.4, 0.5) is 0 Å². The predicted octanol–water partition coefficient (Wildman–Crippen LogP) is 3.37. The molecule has 0 unspecified atom stereocenters. The molecular weight excluding hydrogens is 324 g/mol. The van der Waals surface area contributed by atoms with E-state index in [-0.39, 0.29) is 22.4 Å². The summed E-state index contributed by atoms with van der Waals surface area (Å²) in [6, 6.07) is 0. The van der Waals surface area contributed by atoms with Crippen LogP contribution in [-0.2, 0) is 14.3 Å². The molecule has 3 heteroatoms. The maximum atomic E-state index is 13.8. The number of hydrogen-bond acceptors (Lipinski definition) is 3. The Morgan fingerprint density at radius 2 is 1.54 bits per heavy atom. The molecule has 9 rings (SSSR count). The number of carbonyl (C=O) groups excluding carboxylic acids is 1. The molecule has 0 radical (unpaired) electrons. The highest BCUT2D eigenvalue weighted by Crippen LogP contribution is 2.99. The van der Waals surface area contributed by atoms with Crippen LogP contribution in [-0.4, -0.2) is 25.8 Å². The van der Waals surface area contributed by atoms with Crippen molar-refractivity contribution in [3.05, 3.63) is 0 Å². The lowest BCUT2D eigenvalue weighted by Gasteiger charge is -2.64. The third kappa shape index (κ3) is 0.855. The minimum Gasteiger partial charge on any atom is -0.468 e. The standard InChI is InChI=1S/C23H30O3/c1-21-16-9-5-4-6-10(9)17-14(16)15-18-11-7-8-12(13(11)19(15)21)23(21,26-3)22(17,18)20(24)25-2/h9-19H,4-8H2,1-3H3/t9-,10+,11-,12-,13-,14-,15+,16-,17-,18+,19+,21+,22-,23+/m1/s1. The minimum absolute atomic E-state index is 0.134. The molecule has 0 N–H and O–H groups in total. The number of hydrogen-bond donors (Lipinski definition) is 0. The fraction of sp³-hybridized carbons (Fsp3) is 0.957. The van der Waals surface area contributed by atoms with Crippen LogP contribution in [0.1, 0.15) is 39.0 Å². The average Bonchev–Trinajstić information content (AvgIpc) is 3.39. The molecule has 0 amide bonds. The molecule has 0 aliphatic heterocycles. The van der Waals surface area contributed by atoms with E-state index >= 15 is 0 Å². The molecule has 140 valence electrons. The molecule has 0 heterocycles. The van der Waals surface area contributed by atoms with E-state index in [2.05, 4.69) is 6.92 Å². The predicted molar refractivity (Wildman–Crippen MR) is 93.8 cm³/mol. The van der Waals surface area contributed by atoms with Crippen LogP contribution in [0.25, 0.3) is 0 Å². The Labute approximate surface area is 155 Å². The molecule has 9 aliphatic carbocycles. The van der Waals surface area contributed by atoms with Crippen molar-refractivity contribution in [1.29, 1.82) is 0 Å². The van der Waals surface area contributed by atoms with Crippen LogP contribution >= 0.6 is 0 Å². The fourth-order valence-electron chi connectivity index (χ4n) is 13.5. The summed E-state index contributed by atoms with van der Waals surface area (Å²) in [5, 5.41) is 0. The lowest BCUT2D eigenvalue weighted by atomic mass is 9.42. The van der Waals surface area contributed by atoms with Gasteiger partial charge in [0.2, 0.25) is 0 Å². The van der Waals surface area contributed by atoms with Crippen molar-refractivity contribution in [2.24, 2.45) is 75.9 Å². The van der Waals surface area contributed by atoms with Crippen molar-refractivity contribution in [3.8, 4) is 0 Å². The molecule has 9 aliphatic rings. The number of rotatable bonds is 2. The van der Waals surface area contributed by atoms with Gasteiger partial charge in [0.05, 0.1) is 12.7 Å². The van der Waals surface area contributed by atoms with Crippen molar-refractivity contribution < 1.29 is 14.3 Å². The van der Waals surface area contributed by atoms with Gasteiger partial charge in [-0.15, -0.1) is 0 Å². The van der Waals surface area contributed by atoms with Gasteiger partial charge in [-0.2, -0.15) is 0 Å². The first-order chi connectivity index (χ1) is 12.6. The smallest absolute Gasteiger partial charge is 0.315 e. The quantitative estimate of drug-likeness (QED) is 0.713. The van der Waals surface area contributed by atoms with Crippen LogP contribution in [0, 0.1) is 75.9 Å². The first-order valence-corrected chi connectivity index (χ1v) is 11.3. The third-order valence-electron chi connectivity index (χ3n) is 12.5. The van der Waals surface area contributed by atoms with E-state index in [0.717, 1.165) is 47.3 Å². The topological polar surface area (TPSA) is 35.5 Å². The second kappa shape index (κ2) is 3.67. The Morgan fingerprint density at radius 3 is 2.27 bits per heavy atom. The number of ether oxygens (including phenoxy) is 2. The van der Waals surface area contributed by atoms with Gasteiger partial charge in [-0.05, 0) is 90.8 Å². The summed E-state index contributed by atoms with van der Waals surface area (Å²) in [6.07, 6.45) is 6.82. The van der Waals surface area contributed by atoms with E-state index in [0.29, 0.717) is 17.8 Å². The van der Waals surface area contributed by atoms with Crippen molar-refractivity contribution in [1.82, 2.24) is 0 Å². The van der Waals surface area contributed by atoms with Gasteiger partial charge in [-0.1, -0.05) is 13.3 Å². The lowest BCUT2D eigenvalue weighted by Crippen LogP contribution is -2.73. The summed E-state index contributed by atoms with van der Waals surface area (Å²) in [7, 11) is 3.62. The normalized spacial score (nSPS) is 74.3. The van der Waals surface area contributed by atoms with Crippen LogP contribution in [0.15, 0.2) is 0 Å². The van der Waals surface area contributed by atoms with Gasteiger partial charge in [0.15, 0.2) is 0 Å². The molecule has 9 bridgehead atoms. The maximum absolute atomic E-state index is 13.8. The molecule has 0 aromatic rings. The van der Waals surface area contributed by atoms with E-state index in [1.54, 1.807) is 7.11 Å². The second-order valence-electron chi connectivity index (χ2n) is 11.5. The molecule has 0 aromatic carbocycles. The summed E-state index contributed by atoms with van der Waals surface area (Å²) in [5.74, 6) is 8.56. The van der Waals surface area contributed by atoms with E-state index in [1.807, 2.05) is 7.11 Å². The Balaban J connectivity index is 1.54. The van der Waals surface area contributed by atoms with E-state index in [1.165, 1.54) is 32.1 Å². The molecule has 9 saturated carbocycles. The highest BCUT2D eigenvalue weighted by molar-refractivity contribution is 5.83. The summed E-state index contributed by atoms with van der Waals surface area (Å²) in [6.45, 7) is 2.60. The van der Waals surface area contributed by atoms with Crippen molar-refractivity contribution >= 4 is 5.97 Å². The minimum atomic E-state index is -0.309. The van der Waals surface area contributed by atoms with Crippen LogP contribution in [0.2, 0.25) is 0 Å². The zero-order valence-corrected chi connectivity index (χ0v) is 16.1. The largest absolute Gasteiger partial charge is 0.468 e. The molecule has 0 aromatic heterocycles. The van der Waals surface area contributed by atoms with Crippen LogP contribution in [0.3, 0.4) is 0 Å². The highest BCUT2D eigenvalue weighted by atomic mass is 16.5. The van der Waals surface area contributed by atoms with Crippen molar-refractivity contribution in [2.45, 2.75) is 44.6 Å². The van der Waals surface area contributed by atoms with Crippen molar-refractivity contribution in [3.63, 3.8) is 0 Å². The zero-order valence-electron chi connectivity index (χ0n) is 16.1.